The number of methoxy groups -OCH3 is 1. The first-order valence-corrected chi connectivity index (χ1v) is 7.06. The lowest BCUT2D eigenvalue weighted by atomic mass is 9.69. The molecule has 1 aliphatic heterocycles. The maximum absolute atomic E-state index is 9.69. The number of nitriles is 1. The predicted octanol–water partition coefficient (Wildman–Crippen LogP) is 2.77. The summed E-state index contributed by atoms with van der Waals surface area (Å²) in [5.74, 6) is 0.392. The minimum absolute atomic E-state index is 0.424. The molecule has 1 saturated carbocycles. The van der Waals surface area contributed by atoms with Gasteiger partial charge in [0.1, 0.15) is 5.75 Å². The molecule has 1 heterocycles. The van der Waals surface area contributed by atoms with Gasteiger partial charge < -0.3 is 14.2 Å². The second-order valence-corrected chi connectivity index (χ2v) is 5.53. The third-order valence-corrected chi connectivity index (χ3v) is 4.54. The van der Waals surface area contributed by atoms with Crippen LogP contribution in [0.4, 0.5) is 0 Å². The summed E-state index contributed by atoms with van der Waals surface area (Å²) in [4.78, 5) is 0. The van der Waals surface area contributed by atoms with E-state index in [9.17, 15) is 5.26 Å². The van der Waals surface area contributed by atoms with Crippen molar-refractivity contribution >= 4 is 0 Å². The Kier molecular flexibility index (Phi) is 3.41. The number of hydrogen-bond donors (Lipinski definition) is 0. The van der Waals surface area contributed by atoms with Crippen LogP contribution in [0, 0.1) is 11.3 Å². The van der Waals surface area contributed by atoms with Crippen molar-refractivity contribution in [2.75, 3.05) is 20.3 Å². The summed E-state index contributed by atoms with van der Waals surface area (Å²) in [7, 11) is 1.65. The van der Waals surface area contributed by atoms with Crippen LogP contribution in [0.25, 0.3) is 0 Å². The van der Waals surface area contributed by atoms with Crippen LogP contribution >= 0.6 is 0 Å². The van der Waals surface area contributed by atoms with E-state index < -0.39 is 11.2 Å². The van der Waals surface area contributed by atoms with Gasteiger partial charge in [0.05, 0.1) is 31.8 Å². The first-order valence-electron chi connectivity index (χ1n) is 7.06. The highest BCUT2D eigenvalue weighted by Crippen LogP contribution is 2.46. The molecular formula is C16H19NO3. The Hall–Kier alpha value is -1.57. The van der Waals surface area contributed by atoms with Gasteiger partial charge in [0, 0.05) is 12.8 Å². The number of rotatable bonds is 2. The molecule has 0 radical (unpaired) electrons. The molecule has 0 unspecified atom stereocenters. The van der Waals surface area contributed by atoms with Crippen molar-refractivity contribution in [3.05, 3.63) is 29.8 Å². The van der Waals surface area contributed by atoms with Crippen molar-refractivity contribution in [3.63, 3.8) is 0 Å². The number of ether oxygens (including phenoxy) is 3. The van der Waals surface area contributed by atoms with Gasteiger partial charge in [-0.3, -0.25) is 0 Å². The maximum atomic E-state index is 9.69. The Morgan fingerprint density at radius 3 is 2.15 bits per heavy atom. The van der Waals surface area contributed by atoms with E-state index in [-0.39, 0.29) is 0 Å². The van der Waals surface area contributed by atoms with E-state index in [0.717, 1.165) is 37.0 Å². The molecule has 2 fully saturated rings. The van der Waals surface area contributed by atoms with Crippen molar-refractivity contribution in [2.24, 2.45) is 0 Å². The van der Waals surface area contributed by atoms with Crippen LogP contribution in [-0.2, 0) is 14.9 Å². The highest BCUT2D eigenvalue weighted by molar-refractivity contribution is 5.37. The smallest absolute Gasteiger partial charge is 0.168 e. The zero-order valence-electron chi connectivity index (χ0n) is 11.7. The summed E-state index contributed by atoms with van der Waals surface area (Å²) in [6.45, 7) is 1.34. The van der Waals surface area contributed by atoms with Gasteiger partial charge in [-0.25, -0.2) is 0 Å². The number of benzene rings is 1. The van der Waals surface area contributed by atoms with E-state index in [4.69, 9.17) is 14.2 Å². The van der Waals surface area contributed by atoms with Crippen LogP contribution in [0.2, 0.25) is 0 Å². The van der Waals surface area contributed by atoms with Crippen LogP contribution in [0.15, 0.2) is 24.3 Å². The fourth-order valence-electron chi connectivity index (χ4n) is 3.22. The Bertz CT molecular complexity index is 502. The van der Waals surface area contributed by atoms with Crippen molar-refractivity contribution in [1.29, 1.82) is 5.26 Å². The molecule has 1 spiro atoms. The largest absolute Gasteiger partial charge is 0.497 e. The Morgan fingerprint density at radius 2 is 1.65 bits per heavy atom. The van der Waals surface area contributed by atoms with Gasteiger partial charge in [0.25, 0.3) is 0 Å². The fourth-order valence-corrected chi connectivity index (χ4v) is 3.22. The van der Waals surface area contributed by atoms with Gasteiger partial charge in [-0.15, -0.1) is 0 Å². The van der Waals surface area contributed by atoms with Gasteiger partial charge in [-0.05, 0) is 30.5 Å². The molecule has 1 aliphatic carbocycles. The number of nitrogens with zero attached hydrogens (tertiary/aromatic N) is 1. The minimum Gasteiger partial charge on any atom is -0.497 e. The second kappa shape index (κ2) is 5.08. The zero-order valence-corrected chi connectivity index (χ0v) is 11.7. The number of hydrogen-bond acceptors (Lipinski definition) is 4. The summed E-state index contributed by atoms with van der Waals surface area (Å²) in [6.07, 6.45) is 3.12. The van der Waals surface area contributed by atoms with E-state index in [0.29, 0.717) is 13.2 Å². The molecule has 1 aromatic carbocycles. The van der Waals surface area contributed by atoms with E-state index in [2.05, 4.69) is 6.07 Å². The summed E-state index contributed by atoms with van der Waals surface area (Å²) < 4.78 is 16.7. The minimum atomic E-state index is -0.424. The summed E-state index contributed by atoms with van der Waals surface area (Å²) in [5.41, 5.74) is 0.640. The lowest BCUT2D eigenvalue weighted by Gasteiger charge is -2.40. The van der Waals surface area contributed by atoms with E-state index in [1.165, 1.54) is 0 Å². The Labute approximate surface area is 119 Å². The standard InChI is InChI=1S/C16H19NO3/c1-18-14-4-2-13(3-5-14)15(12-17)6-8-16(9-7-15)19-10-11-20-16/h2-5H,6-11H2,1H3. The third-order valence-electron chi connectivity index (χ3n) is 4.54. The lowest BCUT2D eigenvalue weighted by Crippen LogP contribution is -2.41. The summed E-state index contributed by atoms with van der Waals surface area (Å²) >= 11 is 0. The molecule has 20 heavy (non-hydrogen) atoms. The molecule has 1 saturated heterocycles. The fraction of sp³-hybridized carbons (Fsp3) is 0.562. The molecule has 0 atom stereocenters. The van der Waals surface area contributed by atoms with Crippen LogP contribution in [-0.4, -0.2) is 26.1 Å². The SMILES string of the molecule is COc1ccc(C2(C#N)CCC3(CC2)OCCO3)cc1. The summed E-state index contributed by atoms with van der Waals surface area (Å²) in [5, 5.41) is 9.69. The average molecular weight is 273 g/mol. The predicted molar refractivity (Wildman–Crippen MR) is 73.4 cm³/mol. The van der Waals surface area contributed by atoms with Gasteiger partial charge in [0.15, 0.2) is 5.79 Å². The summed E-state index contributed by atoms with van der Waals surface area (Å²) in [6, 6.07) is 10.4. The molecule has 2 aliphatic rings. The van der Waals surface area contributed by atoms with Gasteiger partial charge in [-0.1, -0.05) is 12.1 Å². The molecule has 106 valence electrons. The average Bonchev–Trinajstić information content (AvgIpc) is 2.97. The highest BCUT2D eigenvalue weighted by Gasteiger charge is 2.47. The third kappa shape index (κ3) is 2.17. The van der Waals surface area contributed by atoms with Crippen LogP contribution in [0.5, 0.6) is 5.75 Å². The maximum Gasteiger partial charge on any atom is 0.168 e. The van der Waals surface area contributed by atoms with Crippen molar-refractivity contribution in [3.8, 4) is 11.8 Å². The molecule has 1 aromatic rings. The molecule has 0 N–H and O–H groups in total. The van der Waals surface area contributed by atoms with Crippen molar-refractivity contribution < 1.29 is 14.2 Å². The zero-order chi connectivity index (χ0) is 14.1. The molecule has 4 nitrogen and oxygen atoms in total. The Morgan fingerprint density at radius 1 is 1.05 bits per heavy atom. The van der Waals surface area contributed by atoms with Gasteiger partial charge in [-0.2, -0.15) is 5.26 Å². The van der Waals surface area contributed by atoms with Gasteiger partial charge >= 0.3 is 0 Å². The molecule has 0 amide bonds. The highest BCUT2D eigenvalue weighted by atomic mass is 16.7. The first-order chi connectivity index (χ1) is 9.72. The van der Waals surface area contributed by atoms with Crippen LogP contribution in [0.1, 0.15) is 31.2 Å². The topological polar surface area (TPSA) is 51.5 Å². The van der Waals surface area contributed by atoms with E-state index >= 15 is 0 Å². The van der Waals surface area contributed by atoms with Crippen molar-refractivity contribution in [2.45, 2.75) is 36.9 Å². The lowest BCUT2D eigenvalue weighted by molar-refractivity contribution is -0.182. The van der Waals surface area contributed by atoms with E-state index in [1.54, 1.807) is 7.11 Å². The molecule has 0 aromatic heterocycles. The van der Waals surface area contributed by atoms with Crippen molar-refractivity contribution in [1.82, 2.24) is 0 Å². The van der Waals surface area contributed by atoms with Crippen LogP contribution < -0.4 is 4.74 Å². The quantitative estimate of drug-likeness (QED) is 0.831. The molecule has 0 bridgehead atoms. The van der Waals surface area contributed by atoms with Gasteiger partial charge in [0.2, 0.25) is 0 Å². The second-order valence-electron chi connectivity index (χ2n) is 5.53. The monoisotopic (exact) mass is 273 g/mol. The Balaban J connectivity index is 1.80. The molecule has 4 heteroatoms. The molecule has 3 rings (SSSR count). The molecular weight excluding hydrogens is 254 g/mol. The van der Waals surface area contributed by atoms with E-state index in [1.807, 2.05) is 24.3 Å². The first kappa shape index (κ1) is 13.4. The van der Waals surface area contributed by atoms with Crippen LogP contribution in [0.3, 0.4) is 0 Å². The normalized spacial score (nSPS) is 23.4.